The second-order valence-electron chi connectivity index (χ2n) is 4.71. The summed E-state index contributed by atoms with van der Waals surface area (Å²) in [5.41, 5.74) is 0.308. The van der Waals surface area contributed by atoms with Gasteiger partial charge in [-0.2, -0.15) is 0 Å². The third-order valence-electron chi connectivity index (χ3n) is 3.05. The maximum absolute atomic E-state index is 14.4. The summed E-state index contributed by atoms with van der Waals surface area (Å²) in [5, 5.41) is 0.107. The number of thiol groups is 1. The molecule has 1 aromatic carbocycles. The predicted octanol–water partition coefficient (Wildman–Crippen LogP) is 3.02. The van der Waals surface area contributed by atoms with Gasteiger partial charge in [0.1, 0.15) is 5.82 Å². The molecule has 0 fully saturated rings. The first-order chi connectivity index (χ1) is 11.3. The van der Waals surface area contributed by atoms with E-state index in [1.54, 1.807) is 13.8 Å². The van der Waals surface area contributed by atoms with E-state index in [1.807, 2.05) is 0 Å². The molecular weight excluding hydrogens is 359 g/mol. The fourth-order valence-corrected chi connectivity index (χ4v) is 3.02. The zero-order chi connectivity index (χ0) is 17.9. The van der Waals surface area contributed by atoms with Crippen LogP contribution in [0.3, 0.4) is 0 Å². The highest BCUT2D eigenvalue weighted by Gasteiger charge is 2.21. The average Bonchev–Trinajstić information content (AvgIpc) is 2.51. The summed E-state index contributed by atoms with van der Waals surface area (Å²) in [4.78, 5) is 15.6. The number of esters is 1. The van der Waals surface area contributed by atoms with E-state index in [-0.39, 0.29) is 28.6 Å². The van der Waals surface area contributed by atoms with Gasteiger partial charge in [0.05, 0.1) is 34.8 Å². The Morgan fingerprint density at radius 3 is 2.58 bits per heavy atom. The van der Waals surface area contributed by atoms with Gasteiger partial charge in [-0.1, -0.05) is 11.6 Å². The number of carbonyl (C=O) groups excluding carboxylic acids is 1. The van der Waals surface area contributed by atoms with Crippen molar-refractivity contribution < 1.29 is 22.3 Å². The lowest BCUT2D eigenvalue weighted by molar-refractivity contribution is 0.0526. The Morgan fingerprint density at radius 1 is 1.33 bits per heavy atom. The monoisotopic (exact) mass is 372 g/mol. The topological polar surface area (TPSA) is 76.6 Å². The number of nitrogens with zero attached hydrogens (tertiary/aromatic N) is 2. The molecule has 128 valence electrons. The van der Waals surface area contributed by atoms with E-state index in [4.69, 9.17) is 16.3 Å². The first kappa shape index (κ1) is 18.2. The van der Waals surface area contributed by atoms with Crippen LogP contribution in [-0.4, -0.2) is 26.0 Å². The van der Waals surface area contributed by atoms with Gasteiger partial charge in [0, 0.05) is 5.69 Å². The highest BCUT2D eigenvalue weighted by atomic mass is 35.5. The molecule has 0 saturated carbocycles. The Balaban J connectivity index is 2.51. The summed E-state index contributed by atoms with van der Waals surface area (Å²) in [6, 6.07) is 4.82. The van der Waals surface area contributed by atoms with Crippen LogP contribution < -0.4 is 4.31 Å². The Hall–Kier alpha value is -2.19. The smallest absolute Gasteiger partial charge is 0.338 e. The maximum atomic E-state index is 14.4. The molecule has 1 aromatic heterocycles. The normalized spacial score (nSPS) is 10.7. The van der Waals surface area contributed by atoms with Crippen molar-refractivity contribution in [3.63, 3.8) is 0 Å². The van der Waals surface area contributed by atoms with Gasteiger partial charge in [-0.05, 0) is 38.1 Å². The molecule has 0 radical (unpaired) electrons. The van der Waals surface area contributed by atoms with Crippen molar-refractivity contribution >= 4 is 39.8 Å². The van der Waals surface area contributed by atoms with E-state index in [0.717, 1.165) is 6.07 Å². The van der Waals surface area contributed by atoms with Gasteiger partial charge >= 0.3 is 5.97 Å². The van der Waals surface area contributed by atoms with Gasteiger partial charge < -0.3 is 4.74 Å². The SMILES string of the molecule is CCOC(=O)c1ccc(N(c2cnc(C)cc2Cl)[SH](=O)=O)c(F)c1. The molecule has 9 heteroatoms. The van der Waals surface area contributed by atoms with E-state index in [1.165, 1.54) is 24.4 Å². The van der Waals surface area contributed by atoms with Crippen LogP contribution in [0.15, 0.2) is 30.5 Å². The quantitative estimate of drug-likeness (QED) is 0.645. The molecule has 1 heterocycles. The number of pyridine rings is 1. The number of hydrogen-bond donors (Lipinski definition) is 1. The second kappa shape index (κ2) is 7.59. The number of benzene rings is 1. The molecule has 2 rings (SSSR count). The van der Waals surface area contributed by atoms with E-state index in [2.05, 4.69) is 4.98 Å². The van der Waals surface area contributed by atoms with Crippen molar-refractivity contribution in [3.05, 3.63) is 52.6 Å². The van der Waals surface area contributed by atoms with Gasteiger partial charge in [0.15, 0.2) is 0 Å². The minimum absolute atomic E-state index is 0.0150. The van der Waals surface area contributed by atoms with Gasteiger partial charge in [-0.3, -0.25) is 4.98 Å². The highest BCUT2D eigenvalue weighted by Crippen LogP contribution is 2.33. The van der Waals surface area contributed by atoms with E-state index < -0.39 is 22.7 Å². The largest absolute Gasteiger partial charge is 0.462 e. The number of carbonyl (C=O) groups is 1. The molecule has 0 bridgehead atoms. The molecule has 6 nitrogen and oxygen atoms in total. The summed E-state index contributed by atoms with van der Waals surface area (Å²) in [5.74, 6) is -1.60. The molecule has 0 aliphatic carbocycles. The first-order valence-corrected chi connectivity index (χ1v) is 8.39. The number of rotatable bonds is 5. The zero-order valence-corrected chi connectivity index (χ0v) is 14.5. The molecule has 2 aromatic rings. The van der Waals surface area contributed by atoms with Crippen LogP contribution in [-0.2, 0) is 15.6 Å². The number of anilines is 2. The average molecular weight is 373 g/mol. The summed E-state index contributed by atoms with van der Waals surface area (Å²) in [6.07, 6.45) is 1.24. The van der Waals surface area contributed by atoms with Gasteiger partial charge in [0.2, 0.25) is 10.9 Å². The van der Waals surface area contributed by atoms with Crippen molar-refractivity contribution in [1.29, 1.82) is 0 Å². The van der Waals surface area contributed by atoms with Crippen LogP contribution in [0.5, 0.6) is 0 Å². The second-order valence-corrected chi connectivity index (χ2v) is 6.00. The summed E-state index contributed by atoms with van der Waals surface area (Å²) in [6.45, 7) is 3.45. The van der Waals surface area contributed by atoms with Crippen molar-refractivity contribution in [2.24, 2.45) is 0 Å². The molecule has 0 aliphatic rings. The van der Waals surface area contributed by atoms with Crippen molar-refractivity contribution in [2.75, 3.05) is 10.9 Å². The Morgan fingerprint density at radius 2 is 2.04 bits per heavy atom. The standard InChI is InChI=1S/C15H14ClFN2O4S/c1-3-23-15(20)10-4-5-13(12(17)7-10)19(24(21)22)14-8-18-9(2)6-11(14)16/h4-8,24H,3H2,1-2H3. The summed E-state index contributed by atoms with van der Waals surface area (Å²) in [7, 11) is -3.24. The van der Waals surface area contributed by atoms with Crippen LogP contribution in [0.25, 0.3) is 0 Å². The molecule has 24 heavy (non-hydrogen) atoms. The molecule has 0 saturated heterocycles. The minimum atomic E-state index is -3.24. The van der Waals surface area contributed by atoms with Gasteiger partial charge in [0.25, 0.3) is 0 Å². The molecular formula is C15H14ClFN2O4S. The molecule has 0 spiro atoms. The van der Waals surface area contributed by atoms with Crippen molar-refractivity contribution in [1.82, 2.24) is 4.98 Å². The number of hydrogen-bond acceptors (Lipinski definition) is 5. The lowest BCUT2D eigenvalue weighted by Gasteiger charge is -2.19. The maximum Gasteiger partial charge on any atom is 0.338 e. The van der Waals surface area contributed by atoms with Crippen molar-refractivity contribution in [3.8, 4) is 0 Å². The lowest BCUT2D eigenvalue weighted by atomic mass is 10.2. The fraction of sp³-hybridized carbons (Fsp3) is 0.200. The van der Waals surface area contributed by atoms with Gasteiger partial charge in [-0.25, -0.2) is 21.9 Å². The Labute approximate surface area is 144 Å². The molecule has 0 atom stereocenters. The van der Waals surface area contributed by atoms with E-state index in [0.29, 0.717) is 10.00 Å². The van der Waals surface area contributed by atoms with Crippen LogP contribution in [0, 0.1) is 12.7 Å². The van der Waals surface area contributed by atoms with Crippen LogP contribution >= 0.6 is 11.6 Å². The number of aromatic nitrogens is 1. The van der Waals surface area contributed by atoms with Crippen LogP contribution in [0.2, 0.25) is 5.02 Å². The zero-order valence-electron chi connectivity index (χ0n) is 12.8. The van der Waals surface area contributed by atoms with Gasteiger partial charge in [-0.15, -0.1) is 0 Å². The molecule has 0 N–H and O–H groups in total. The summed E-state index contributed by atoms with van der Waals surface area (Å²) >= 11 is 6.05. The summed E-state index contributed by atoms with van der Waals surface area (Å²) < 4.78 is 43.1. The van der Waals surface area contributed by atoms with Crippen LogP contribution in [0.4, 0.5) is 15.8 Å². The Kier molecular flexibility index (Phi) is 5.74. The fourth-order valence-electron chi connectivity index (χ4n) is 2.00. The lowest BCUT2D eigenvalue weighted by Crippen LogP contribution is -2.17. The molecule has 0 amide bonds. The predicted molar refractivity (Wildman–Crippen MR) is 88.8 cm³/mol. The first-order valence-electron chi connectivity index (χ1n) is 6.88. The number of halogens is 2. The van der Waals surface area contributed by atoms with Crippen LogP contribution in [0.1, 0.15) is 23.0 Å². The minimum Gasteiger partial charge on any atom is -0.462 e. The highest BCUT2D eigenvalue weighted by molar-refractivity contribution is 7.74. The molecule has 0 unspecified atom stereocenters. The van der Waals surface area contributed by atoms with Crippen molar-refractivity contribution in [2.45, 2.75) is 13.8 Å². The Bertz CT molecular complexity index is 849. The van der Waals surface area contributed by atoms with E-state index >= 15 is 0 Å². The molecule has 0 aliphatic heterocycles. The third kappa shape index (κ3) is 3.82. The third-order valence-corrected chi connectivity index (χ3v) is 4.11. The van der Waals surface area contributed by atoms with E-state index in [9.17, 15) is 17.6 Å². The number of ether oxygens (including phenoxy) is 1. The number of aryl methyl sites for hydroxylation is 1.